The lowest BCUT2D eigenvalue weighted by Crippen LogP contribution is -2.12. The van der Waals surface area contributed by atoms with Crippen LogP contribution in [0.5, 0.6) is 0 Å². The molecule has 0 saturated heterocycles. The van der Waals surface area contributed by atoms with Crippen molar-refractivity contribution in [3.05, 3.63) is 36.7 Å². The smallest absolute Gasteiger partial charge is 0.330 e. The molecule has 0 bridgehead atoms. The van der Waals surface area contributed by atoms with Crippen LogP contribution in [0.2, 0.25) is 0 Å². The highest BCUT2D eigenvalue weighted by Crippen LogP contribution is 1.85. The molecule has 0 saturated carbocycles. The van der Waals surface area contributed by atoms with Crippen molar-refractivity contribution in [2.75, 3.05) is 18.6 Å². The van der Waals surface area contributed by atoms with E-state index in [1.54, 1.807) is 13.0 Å². The number of carbonyl (C=O) groups excluding carboxylic acids is 1. The summed E-state index contributed by atoms with van der Waals surface area (Å²) in [5.41, 5.74) is 3.04. The Kier molecular flexibility index (Phi) is 4.34. The van der Waals surface area contributed by atoms with E-state index in [4.69, 9.17) is 4.74 Å². The molecule has 1 rings (SSSR count). The number of nitrogens with one attached hydrogen (secondary N) is 1. The third kappa shape index (κ3) is 3.80. The molecule has 0 aliphatic heterocycles. The highest BCUT2D eigenvalue weighted by Gasteiger charge is 1.91. The van der Waals surface area contributed by atoms with Crippen molar-refractivity contribution in [2.24, 2.45) is 0 Å². The van der Waals surface area contributed by atoms with Crippen LogP contribution in [0.3, 0.4) is 0 Å². The summed E-state index contributed by atoms with van der Waals surface area (Å²) in [5, 5.41) is 0. The van der Waals surface area contributed by atoms with Gasteiger partial charge in [-0.15, -0.1) is 0 Å². The van der Waals surface area contributed by atoms with Crippen LogP contribution in [0.4, 0.5) is 0 Å². The SMILES string of the molecule is CCOC(=O)/C=C/CNn1cccc1. The number of esters is 1. The maximum Gasteiger partial charge on any atom is 0.330 e. The van der Waals surface area contributed by atoms with Gasteiger partial charge >= 0.3 is 5.97 Å². The Morgan fingerprint density at radius 3 is 2.86 bits per heavy atom. The number of nitrogens with zero attached hydrogens (tertiary/aromatic N) is 1. The molecule has 4 heteroatoms. The van der Waals surface area contributed by atoms with Crippen molar-refractivity contribution in [1.82, 2.24) is 4.68 Å². The molecule has 14 heavy (non-hydrogen) atoms. The molecule has 1 aromatic rings. The van der Waals surface area contributed by atoms with E-state index in [2.05, 4.69) is 5.43 Å². The molecule has 1 aromatic heterocycles. The summed E-state index contributed by atoms with van der Waals surface area (Å²) in [6, 6.07) is 3.84. The van der Waals surface area contributed by atoms with Gasteiger partial charge in [0.15, 0.2) is 0 Å². The minimum atomic E-state index is -0.304. The fraction of sp³-hybridized carbons (Fsp3) is 0.300. The summed E-state index contributed by atoms with van der Waals surface area (Å²) in [6.07, 6.45) is 6.91. The van der Waals surface area contributed by atoms with Crippen molar-refractivity contribution in [3.63, 3.8) is 0 Å². The molecule has 0 aliphatic carbocycles. The molecular weight excluding hydrogens is 180 g/mol. The first-order valence-corrected chi connectivity index (χ1v) is 4.53. The Morgan fingerprint density at radius 2 is 2.21 bits per heavy atom. The van der Waals surface area contributed by atoms with Gasteiger partial charge in [0.1, 0.15) is 0 Å². The van der Waals surface area contributed by atoms with Crippen LogP contribution >= 0.6 is 0 Å². The van der Waals surface area contributed by atoms with Gasteiger partial charge in [-0.05, 0) is 19.1 Å². The number of carbonyl (C=O) groups is 1. The van der Waals surface area contributed by atoms with Crippen molar-refractivity contribution in [2.45, 2.75) is 6.92 Å². The Bertz CT molecular complexity index is 291. The predicted octanol–water partition coefficient (Wildman–Crippen LogP) is 1.15. The predicted molar refractivity (Wildman–Crippen MR) is 54.4 cm³/mol. The average Bonchev–Trinajstić information content (AvgIpc) is 2.65. The summed E-state index contributed by atoms with van der Waals surface area (Å²) in [4.78, 5) is 10.9. The van der Waals surface area contributed by atoms with Crippen LogP contribution in [0.15, 0.2) is 36.7 Å². The molecule has 0 fully saturated rings. The Balaban J connectivity index is 2.18. The van der Waals surface area contributed by atoms with Crippen molar-refractivity contribution < 1.29 is 9.53 Å². The Hall–Kier alpha value is -1.71. The van der Waals surface area contributed by atoms with Gasteiger partial charge in [0, 0.05) is 25.0 Å². The first-order valence-electron chi connectivity index (χ1n) is 4.53. The second-order valence-corrected chi connectivity index (χ2v) is 2.61. The molecule has 0 amide bonds. The first-order chi connectivity index (χ1) is 6.83. The number of aromatic nitrogens is 1. The van der Waals surface area contributed by atoms with Gasteiger partial charge in [0.2, 0.25) is 0 Å². The van der Waals surface area contributed by atoms with Crippen LogP contribution in [-0.4, -0.2) is 23.8 Å². The van der Waals surface area contributed by atoms with Gasteiger partial charge in [-0.3, -0.25) is 4.68 Å². The molecule has 0 aromatic carbocycles. The summed E-state index contributed by atoms with van der Waals surface area (Å²) in [6.45, 7) is 2.78. The fourth-order valence-electron chi connectivity index (χ4n) is 0.944. The van der Waals surface area contributed by atoms with Gasteiger partial charge in [-0.1, -0.05) is 6.08 Å². The van der Waals surface area contributed by atoms with Crippen molar-refractivity contribution in [3.8, 4) is 0 Å². The highest BCUT2D eigenvalue weighted by atomic mass is 16.5. The maximum absolute atomic E-state index is 10.9. The molecule has 0 atom stereocenters. The molecule has 1 N–H and O–H groups in total. The lowest BCUT2D eigenvalue weighted by molar-refractivity contribution is -0.137. The van der Waals surface area contributed by atoms with Gasteiger partial charge < -0.3 is 10.2 Å². The van der Waals surface area contributed by atoms with Crippen LogP contribution in [-0.2, 0) is 9.53 Å². The number of hydrogen-bond donors (Lipinski definition) is 1. The summed E-state index contributed by atoms with van der Waals surface area (Å²) >= 11 is 0. The lowest BCUT2D eigenvalue weighted by atomic mass is 10.5. The van der Waals surface area contributed by atoms with E-state index in [-0.39, 0.29) is 5.97 Å². The zero-order valence-corrected chi connectivity index (χ0v) is 8.14. The maximum atomic E-state index is 10.9. The third-order valence-corrected chi connectivity index (χ3v) is 1.54. The minimum absolute atomic E-state index is 0.304. The zero-order valence-electron chi connectivity index (χ0n) is 8.14. The van der Waals surface area contributed by atoms with Crippen molar-refractivity contribution >= 4 is 5.97 Å². The van der Waals surface area contributed by atoms with E-state index >= 15 is 0 Å². The van der Waals surface area contributed by atoms with E-state index in [1.165, 1.54) is 6.08 Å². The molecule has 0 aliphatic rings. The Morgan fingerprint density at radius 1 is 1.50 bits per heavy atom. The van der Waals surface area contributed by atoms with Gasteiger partial charge in [-0.25, -0.2) is 4.79 Å². The van der Waals surface area contributed by atoms with Gasteiger partial charge in [0.25, 0.3) is 0 Å². The minimum Gasteiger partial charge on any atom is -0.463 e. The summed E-state index contributed by atoms with van der Waals surface area (Å²) in [5.74, 6) is -0.304. The quantitative estimate of drug-likeness (QED) is 0.565. The second-order valence-electron chi connectivity index (χ2n) is 2.61. The van der Waals surface area contributed by atoms with Gasteiger partial charge in [0.05, 0.1) is 6.61 Å². The largest absolute Gasteiger partial charge is 0.463 e. The Labute approximate surface area is 83.1 Å². The highest BCUT2D eigenvalue weighted by molar-refractivity contribution is 5.81. The summed E-state index contributed by atoms with van der Waals surface area (Å²) in [7, 11) is 0. The van der Waals surface area contributed by atoms with E-state index < -0.39 is 0 Å². The monoisotopic (exact) mass is 194 g/mol. The third-order valence-electron chi connectivity index (χ3n) is 1.54. The van der Waals surface area contributed by atoms with E-state index in [1.807, 2.05) is 29.2 Å². The van der Waals surface area contributed by atoms with E-state index in [0.29, 0.717) is 13.2 Å². The molecule has 0 radical (unpaired) electrons. The second kappa shape index (κ2) is 5.85. The molecule has 0 spiro atoms. The first kappa shape index (κ1) is 10.4. The van der Waals surface area contributed by atoms with Crippen molar-refractivity contribution in [1.29, 1.82) is 0 Å². The standard InChI is InChI=1S/C10H14N2O2/c1-2-14-10(13)6-5-7-11-12-8-3-4-9-12/h3-6,8-9,11H,2,7H2,1H3/b6-5+. The van der Waals surface area contributed by atoms with Crippen LogP contribution < -0.4 is 5.43 Å². The van der Waals surface area contributed by atoms with E-state index in [9.17, 15) is 4.79 Å². The van der Waals surface area contributed by atoms with Crippen LogP contribution in [0, 0.1) is 0 Å². The fourth-order valence-corrected chi connectivity index (χ4v) is 0.944. The lowest BCUT2D eigenvalue weighted by Gasteiger charge is -2.02. The van der Waals surface area contributed by atoms with Crippen LogP contribution in [0.25, 0.3) is 0 Å². The normalized spacial score (nSPS) is 10.4. The number of hydrogen-bond acceptors (Lipinski definition) is 3. The molecular formula is C10H14N2O2. The molecule has 4 nitrogen and oxygen atoms in total. The van der Waals surface area contributed by atoms with Crippen LogP contribution in [0.1, 0.15) is 6.92 Å². The molecule has 0 unspecified atom stereocenters. The average molecular weight is 194 g/mol. The zero-order chi connectivity index (χ0) is 10.2. The molecule has 1 heterocycles. The van der Waals surface area contributed by atoms with E-state index in [0.717, 1.165) is 0 Å². The molecule has 76 valence electrons. The number of ether oxygens (including phenoxy) is 1. The summed E-state index contributed by atoms with van der Waals surface area (Å²) < 4.78 is 6.53. The number of rotatable bonds is 5. The van der Waals surface area contributed by atoms with Gasteiger partial charge in [-0.2, -0.15) is 0 Å². The topological polar surface area (TPSA) is 43.3 Å².